The molecule has 0 aromatic heterocycles. The molecule has 136 valence electrons. The molecule has 3 nitrogen and oxygen atoms in total. The third-order valence-corrected chi connectivity index (χ3v) is 8.44. The summed E-state index contributed by atoms with van der Waals surface area (Å²) in [6.07, 6.45) is 12.2. The Balaban J connectivity index is 2.80. The van der Waals surface area contributed by atoms with Crippen LogP contribution in [-0.4, -0.2) is 35.9 Å². The first-order chi connectivity index (χ1) is 10.5. The van der Waals surface area contributed by atoms with Crippen molar-refractivity contribution in [1.82, 2.24) is 0 Å². The van der Waals surface area contributed by atoms with E-state index < -0.39 is 10.3 Å². The molecule has 0 radical (unpaired) electrons. The summed E-state index contributed by atoms with van der Waals surface area (Å²) < 4.78 is 12.0. The average Bonchev–Trinajstić information content (AvgIpc) is 2.40. The monoisotopic (exact) mass is 344 g/mol. The Labute approximate surface area is 144 Å². The first-order valence-electron chi connectivity index (χ1n) is 8.74. The number of cyclic esters (lactones) is 1. The topological polar surface area (TPSA) is 35.5 Å². The molecule has 4 heteroatoms. The van der Waals surface area contributed by atoms with Crippen LogP contribution in [0, 0.1) is 11.8 Å². The number of hydrogen-bond donors (Lipinski definition) is 0. The van der Waals surface area contributed by atoms with Crippen LogP contribution in [0.15, 0.2) is 12.2 Å². The van der Waals surface area contributed by atoms with Crippen LogP contribution in [-0.2, 0) is 13.7 Å². The summed E-state index contributed by atoms with van der Waals surface area (Å²) >= 11 is 0. The Morgan fingerprint density at radius 3 is 2.48 bits per heavy atom. The van der Waals surface area contributed by atoms with Gasteiger partial charge in [0.1, 0.15) is 0 Å². The van der Waals surface area contributed by atoms with Crippen molar-refractivity contribution in [2.75, 3.05) is 19.1 Å². The van der Waals surface area contributed by atoms with Gasteiger partial charge in [0.05, 0.1) is 19.1 Å². The lowest BCUT2D eigenvalue weighted by Crippen LogP contribution is -2.30. The number of rotatable bonds is 2. The van der Waals surface area contributed by atoms with E-state index in [-0.39, 0.29) is 22.7 Å². The minimum Gasteiger partial charge on any atom is -0.465 e. The van der Waals surface area contributed by atoms with E-state index in [2.05, 4.69) is 59.3 Å². The minimum absolute atomic E-state index is 0.0344. The highest BCUT2D eigenvalue weighted by Gasteiger charge is 2.32. The van der Waals surface area contributed by atoms with Gasteiger partial charge in [-0.15, -0.1) is 10.3 Å². The van der Waals surface area contributed by atoms with Gasteiger partial charge in [-0.2, -0.15) is 0 Å². The van der Waals surface area contributed by atoms with Gasteiger partial charge >= 0.3 is 5.97 Å². The van der Waals surface area contributed by atoms with E-state index in [1.165, 1.54) is 0 Å². The molecule has 1 heterocycles. The summed E-state index contributed by atoms with van der Waals surface area (Å²) in [5, 5.41) is 0. The second kappa shape index (κ2) is 8.57. The molecule has 23 heavy (non-hydrogen) atoms. The fourth-order valence-electron chi connectivity index (χ4n) is 2.32. The molecule has 0 N–H and O–H groups in total. The van der Waals surface area contributed by atoms with Crippen molar-refractivity contribution in [2.45, 2.75) is 71.2 Å². The summed E-state index contributed by atoms with van der Waals surface area (Å²) in [5.74, 6) is 0.766. The van der Waals surface area contributed by atoms with Crippen LogP contribution >= 0.6 is 10.3 Å². The van der Waals surface area contributed by atoms with E-state index in [1.54, 1.807) is 0 Å². The molecule has 1 aliphatic rings. The van der Waals surface area contributed by atoms with Crippen LogP contribution in [0.1, 0.15) is 60.3 Å². The van der Waals surface area contributed by atoms with Gasteiger partial charge in [0.2, 0.25) is 0 Å². The highest BCUT2D eigenvalue weighted by atomic mass is 32.3. The van der Waals surface area contributed by atoms with Crippen LogP contribution in [0.25, 0.3) is 0 Å². The van der Waals surface area contributed by atoms with Crippen molar-refractivity contribution < 1.29 is 13.7 Å². The van der Waals surface area contributed by atoms with E-state index in [1.807, 2.05) is 0 Å². The van der Waals surface area contributed by atoms with Crippen LogP contribution < -0.4 is 0 Å². The molecule has 0 aliphatic carbocycles. The van der Waals surface area contributed by atoms with E-state index >= 15 is 0 Å². The third-order valence-electron chi connectivity index (χ3n) is 4.74. The molecule has 0 saturated carbocycles. The van der Waals surface area contributed by atoms with Crippen molar-refractivity contribution in [1.29, 1.82) is 0 Å². The fourth-order valence-corrected chi connectivity index (χ4v) is 3.46. The smallest absolute Gasteiger partial charge is 0.308 e. The maximum atomic E-state index is 12.2. The van der Waals surface area contributed by atoms with Gasteiger partial charge < -0.3 is 8.92 Å². The van der Waals surface area contributed by atoms with E-state index in [9.17, 15) is 4.79 Å². The molecular formula is C19H36O3S. The molecular weight excluding hydrogens is 308 g/mol. The summed E-state index contributed by atoms with van der Waals surface area (Å²) in [7, 11) is -1.24. The summed E-state index contributed by atoms with van der Waals surface area (Å²) in [6.45, 7) is 11.5. The second-order valence-electron chi connectivity index (χ2n) is 8.27. The Morgan fingerprint density at radius 1 is 1.22 bits per heavy atom. The van der Waals surface area contributed by atoms with Gasteiger partial charge in [-0.05, 0) is 37.7 Å². The lowest BCUT2D eigenvalue weighted by atomic mass is 9.97. The molecule has 3 atom stereocenters. The molecule has 3 unspecified atom stereocenters. The van der Waals surface area contributed by atoms with Crippen molar-refractivity contribution in [3.63, 3.8) is 0 Å². The molecule has 0 spiro atoms. The SMILES string of the molecule is CC1/C=C/CC(C)CCC(OS(C)(C)C(C)(C)C)CC(=O)OC1. The number of carbonyl (C=O) groups is 1. The third kappa shape index (κ3) is 7.30. The van der Waals surface area contributed by atoms with Crippen molar-refractivity contribution in [2.24, 2.45) is 11.8 Å². The lowest BCUT2D eigenvalue weighted by molar-refractivity contribution is -0.146. The lowest BCUT2D eigenvalue weighted by Gasteiger charge is -2.46. The molecule has 0 aromatic carbocycles. The molecule has 1 rings (SSSR count). The number of carbonyl (C=O) groups excluding carboxylic acids is 1. The second-order valence-corrected chi connectivity index (χ2v) is 12.2. The highest BCUT2D eigenvalue weighted by molar-refractivity contribution is 8.29. The molecule has 1 aliphatic heterocycles. The standard InChI is InChI=1S/C19H36O3S/c1-15-9-8-10-16(2)14-21-18(20)13-17(12-11-15)22-23(6,7)19(3,4)5/h8,10,15-17H,9,11-14H2,1-7H3/b10-8+. The predicted octanol–water partition coefficient (Wildman–Crippen LogP) is 5.09. The van der Waals surface area contributed by atoms with Gasteiger partial charge in [-0.25, -0.2) is 0 Å². The van der Waals surface area contributed by atoms with Gasteiger partial charge in [-0.1, -0.05) is 46.8 Å². The first kappa shape index (κ1) is 20.6. The Morgan fingerprint density at radius 2 is 1.87 bits per heavy atom. The Hall–Kier alpha value is -0.480. The van der Waals surface area contributed by atoms with Crippen molar-refractivity contribution in [3.05, 3.63) is 12.2 Å². The average molecular weight is 345 g/mol. The molecule has 0 aromatic rings. The quantitative estimate of drug-likeness (QED) is 0.517. The number of allylic oxidation sites excluding steroid dienone is 1. The summed E-state index contributed by atoms with van der Waals surface area (Å²) in [4.78, 5) is 12.2. The highest BCUT2D eigenvalue weighted by Crippen LogP contribution is 2.55. The van der Waals surface area contributed by atoms with Crippen LogP contribution in [0.5, 0.6) is 0 Å². The molecule has 0 saturated heterocycles. The fraction of sp³-hybridized carbons (Fsp3) is 0.842. The summed E-state index contributed by atoms with van der Waals surface area (Å²) in [5.41, 5.74) is 0. The van der Waals surface area contributed by atoms with Crippen LogP contribution in [0.4, 0.5) is 0 Å². The predicted molar refractivity (Wildman–Crippen MR) is 101 cm³/mol. The Kier molecular flexibility index (Phi) is 7.66. The number of hydrogen-bond acceptors (Lipinski definition) is 3. The zero-order valence-corrected chi connectivity index (χ0v) is 16.9. The van der Waals surface area contributed by atoms with Crippen LogP contribution in [0.2, 0.25) is 0 Å². The zero-order chi connectivity index (χ0) is 17.7. The molecule has 0 bridgehead atoms. The summed E-state index contributed by atoms with van der Waals surface area (Å²) in [6, 6.07) is 0. The zero-order valence-electron chi connectivity index (χ0n) is 16.1. The number of esters is 1. The van der Waals surface area contributed by atoms with E-state index in [0.717, 1.165) is 19.3 Å². The maximum Gasteiger partial charge on any atom is 0.308 e. The number of ether oxygens (including phenoxy) is 1. The largest absolute Gasteiger partial charge is 0.465 e. The van der Waals surface area contributed by atoms with Gasteiger partial charge in [-0.3, -0.25) is 4.79 Å². The van der Waals surface area contributed by atoms with E-state index in [0.29, 0.717) is 18.9 Å². The Bertz CT molecular complexity index is 409. The first-order valence-corrected chi connectivity index (χ1v) is 11.1. The molecule has 0 fully saturated rings. The normalized spacial score (nSPS) is 30.7. The van der Waals surface area contributed by atoms with E-state index in [4.69, 9.17) is 8.92 Å². The van der Waals surface area contributed by atoms with Crippen LogP contribution in [0.3, 0.4) is 0 Å². The maximum absolute atomic E-state index is 12.2. The van der Waals surface area contributed by atoms with Crippen molar-refractivity contribution in [3.8, 4) is 0 Å². The molecule has 0 amide bonds. The van der Waals surface area contributed by atoms with Gasteiger partial charge in [0, 0.05) is 10.7 Å². The van der Waals surface area contributed by atoms with Crippen molar-refractivity contribution >= 4 is 16.3 Å². The van der Waals surface area contributed by atoms with Gasteiger partial charge in [0.15, 0.2) is 0 Å². The van der Waals surface area contributed by atoms with Gasteiger partial charge in [0.25, 0.3) is 0 Å². The minimum atomic E-state index is -1.24.